The number of amides is 2. The Hall–Kier alpha value is -1.76. The summed E-state index contributed by atoms with van der Waals surface area (Å²) in [6.45, 7) is 20.1. The van der Waals surface area contributed by atoms with Gasteiger partial charge in [-0.15, -0.1) is 0 Å². The largest absolute Gasteiger partial charge is 0.444 e. The van der Waals surface area contributed by atoms with E-state index < -0.39 is 11.2 Å². The van der Waals surface area contributed by atoms with Crippen molar-refractivity contribution in [1.29, 1.82) is 0 Å². The monoisotopic (exact) mass is 411 g/mol. The van der Waals surface area contributed by atoms with Crippen LogP contribution in [0, 0.1) is 0 Å². The highest BCUT2D eigenvalue weighted by molar-refractivity contribution is 5.68. The Labute approximate surface area is 176 Å². The van der Waals surface area contributed by atoms with E-state index in [4.69, 9.17) is 15.2 Å². The van der Waals surface area contributed by atoms with E-state index in [0.717, 1.165) is 38.8 Å². The Morgan fingerprint density at radius 1 is 0.862 bits per heavy atom. The molecule has 2 fully saturated rings. The zero-order chi connectivity index (χ0) is 22.5. The van der Waals surface area contributed by atoms with Gasteiger partial charge < -0.3 is 25.0 Å². The summed E-state index contributed by atoms with van der Waals surface area (Å²) in [5, 5.41) is 0. The summed E-state index contributed by atoms with van der Waals surface area (Å²) in [5.41, 5.74) is 6.28. The second-order valence-corrected chi connectivity index (χ2v) is 10.3. The predicted molar refractivity (Wildman–Crippen MR) is 116 cm³/mol. The van der Waals surface area contributed by atoms with Crippen LogP contribution < -0.4 is 5.73 Å². The number of hydrogen-bond acceptors (Lipinski definition) is 5. The molecule has 0 aliphatic carbocycles. The highest BCUT2D eigenvalue weighted by atomic mass is 16.6. The lowest BCUT2D eigenvalue weighted by atomic mass is 9.91. The molecule has 0 unspecified atom stereocenters. The summed E-state index contributed by atoms with van der Waals surface area (Å²) in [6.07, 6.45) is 3.06. The molecule has 0 aromatic carbocycles. The maximum absolute atomic E-state index is 11.7. The lowest BCUT2D eigenvalue weighted by molar-refractivity contribution is 0.0174. The molecule has 2 aliphatic heterocycles. The Morgan fingerprint density at radius 2 is 1.21 bits per heavy atom. The Bertz CT molecular complexity index is 568. The van der Waals surface area contributed by atoms with Crippen LogP contribution in [0.3, 0.4) is 0 Å². The summed E-state index contributed by atoms with van der Waals surface area (Å²) in [6, 6.07) is 0. The van der Waals surface area contributed by atoms with Crippen LogP contribution >= 0.6 is 0 Å². The molecule has 7 nitrogen and oxygen atoms in total. The first-order valence-corrected chi connectivity index (χ1v) is 10.5. The number of nitrogens with zero attached hydrogens (tertiary/aromatic N) is 2. The number of hydrogen-bond donors (Lipinski definition) is 1. The van der Waals surface area contributed by atoms with Gasteiger partial charge in [0.1, 0.15) is 11.2 Å². The molecular weight excluding hydrogens is 370 g/mol. The van der Waals surface area contributed by atoms with Gasteiger partial charge in [-0.05, 0) is 74.1 Å². The quantitative estimate of drug-likeness (QED) is 0.601. The first-order valence-electron chi connectivity index (χ1n) is 10.5. The van der Waals surface area contributed by atoms with E-state index in [1.807, 2.05) is 48.5 Å². The Morgan fingerprint density at radius 3 is 1.55 bits per heavy atom. The minimum atomic E-state index is -0.416. The van der Waals surface area contributed by atoms with Crippen molar-refractivity contribution in [3.8, 4) is 0 Å². The molecule has 2 amide bonds. The predicted octanol–water partition coefficient (Wildman–Crippen LogP) is 4.31. The van der Waals surface area contributed by atoms with Crippen molar-refractivity contribution in [3.05, 3.63) is 12.2 Å². The molecule has 29 heavy (non-hydrogen) atoms. The normalized spacial score (nSPS) is 19.8. The minimum Gasteiger partial charge on any atom is -0.444 e. The highest BCUT2D eigenvalue weighted by Gasteiger charge is 2.30. The average molecular weight is 412 g/mol. The minimum absolute atomic E-state index is 0.126. The fourth-order valence-corrected chi connectivity index (χ4v) is 2.86. The maximum atomic E-state index is 11.7. The smallest absolute Gasteiger partial charge is 0.410 e. The topological polar surface area (TPSA) is 85.1 Å². The molecule has 0 aromatic rings. The van der Waals surface area contributed by atoms with Crippen LogP contribution in [0.2, 0.25) is 0 Å². The van der Waals surface area contributed by atoms with E-state index >= 15 is 0 Å². The van der Waals surface area contributed by atoms with Gasteiger partial charge in [-0.3, -0.25) is 0 Å². The Kier molecular flexibility index (Phi) is 8.57. The second-order valence-electron chi connectivity index (χ2n) is 10.3. The van der Waals surface area contributed by atoms with E-state index in [0.29, 0.717) is 13.1 Å². The zero-order valence-electron chi connectivity index (χ0n) is 19.5. The van der Waals surface area contributed by atoms with Crippen molar-refractivity contribution in [1.82, 2.24) is 9.80 Å². The molecule has 0 atom stereocenters. The van der Waals surface area contributed by atoms with Crippen molar-refractivity contribution >= 4 is 12.2 Å². The molecule has 0 saturated carbocycles. The first-order chi connectivity index (χ1) is 13.1. The van der Waals surface area contributed by atoms with E-state index in [9.17, 15) is 9.59 Å². The molecule has 2 saturated heterocycles. The van der Waals surface area contributed by atoms with Gasteiger partial charge in [0.2, 0.25) is 0 Å². The average Bonchev–Trinajstić information content (AvgIpc) is 2.52. The third-order valence-corrected chi connectivity index (χ3v) is 4.68. The van der Waals surface area contributed by atoms with Crippen molar-refractivity contribution in [2.45, 2.75) is 90.9 Å². The standard InChI is InChI=1S/C11H22N2O2.C11H19NO2/c1-10(2,3)15-9(14)13-7-5-11(4,12)6-8-13;1-9-5-7-12(8-6-9)10(13)14-11(2,3)4/h5-8,12H2,1-4H3;1,5-8H2,2-4H3. The van der Waals surface area contributed by atoms with Crippen LogP contribution in [0.4, 0.5) is 9.59 Å². The number of piperidine rings is 2. The van der Waals surface area contributed by atoms with Gasteiger partial charge >= 0.3 is 12.2 Å². The van der Waals surface area contributed by atoms with Gasteiger partial charge in [0, 0.05) is 31.7 Å². The van der Waals surface area contributed by atoms with E-state index in [-0.39, 0.29) is 17.7 Å². The number of ether oxygens (including phenoxy) is 2. The molecule has 7 heteroatoms. The van der Waals surface area contributed by atoms with Crippen molar-refractivity contribution in [2.24, 2.45) is 5.73 Å². The lowest BCUT2D eigenvalue weighted by Gasteiger charge is -2.37. The van der Waals surface area contributed by atoms with Gasteiger partial charge in [0.05, 0.1) is 0 Å². The van der Waals surface area contributed by atoms with Crippen molar-refractivity contribution < 1.29 is 19.1 Å². The van der Waals surface area contributed by atoms with E-state index in [2.05, 4.69) is 6.58 Å². The zero-order valence-corrected chi connectivity index (χ0v) is 19.5. The molecule has 0 radical (unpaired) electrons. The van der Waals surface area contributed by atoms with Gasteiger partial charge in [-0.2, -0.15) is 0 Å². The highest BCUT2D eigenvalue weighted by Crippen LogP contribution is 2.20. The second kappa shape index (κ2) is 9.83. The molecule has 0 aromatic heterocycles. The molecule has 2 rings (SSSR count). The summed E-state index contributed by atoms with van der Waals surface area (Å²) in [7, 11) is 0. The molecule has 0 spiro atoms. The summed E-state index contributed by atoms with van der Waals surface area (Å²) >= 11 is 0. The summed E-state index contributed by atoms with van der Waals surface area (Å²) in [4.78, 5) is 26.8. The lowest BCUT2D eigenvalue weighted by Crippen LogP contribution is -2.50. The number of likely N-dealkylation sites (tertiary alicyclic amines) is 2. The van der Waals surface area contributed by atoms with Gasteiger partial charge in [0.25, 0.3) is 0 Å². The molecular formula is C22H41N3O4. The first kappa shape index (κ1) is 25.3. The van der Waals surface area contributed by atoms with Gasteiger partial charge in [0.15, 0.2) is 0 Å². The van der Waals surface area contributed by atoms with Crippen LogP contribution in [0.1, 0.15) is 74.1 Å². The SMILES string of the molecule is C=C1CCN(C(=O)OC(C)(C)C)CC1.CC1(N)CCN(C(=O)OC(C)(C)C)CC1. The maximum Gasteiger partial charge on any atom is 0.410 e. The van der Waals surface area contributed by atoms with Crippen LogP contribution in [-0.4, -0.2) is 64.9 Å². The summed E-state index contributed by atoms with van der Waals surface area (Å²) < 4.78 is 10.6. The molecule has 0 bridgehead atoms. The van der Waals surface area contributed by atoms with Crippen LogP contribution in [0.25, 0.3) is 0 Å². The van der Waals surface area contributed by atoms with Crippen LogP contribution in [0.5, 0.6) is 0 Å². The van der Waals surface area contributed by atoms with Crippen LogP contribution in [0.15, 0.2) is 12.2 Å². The van der Waals surface area contributed by atoms with E-state index in [1.54, 1.807) is 9.80 Å². The number of carbonyl (C=O) groups excluding carboxylic acids is 2. The fraction of sp³-hybridized carbons (Fsp3) is 0.818. The van der Waals surface area contributed by atoms with Crippen molar-refractivity contribution in [2.75, 3.05) is 26.2 Å². The molecule has 2 aliphatic rings. The van der Waals surface area contributed by atoms with Crippen molar-refractivity contribution in [3.63, 3.8) is 0 Å². The third-order valence-electron chi connectivity index (χ3n) is 4.68. The van der Waals surface area contributed by atoms with Gasteiger partial charge in [-0.25, -0.2) is 9.59 Å². The Balaban J connectivity index is 0.000000291. The molecule has 2 heterocycles. The number of nitrogens with two attached hydrogens (primary N) is 1. The fourth-order valence-electron chi connectivity index (χ4n) is 2.86. The molecule has 2 N–H and O–H groups in total. The third kappa shape index (κ3) is 10.5. The van der Waals surface area contributed by atoms with E-state index in [1.165, 1.54) is 5.57 Å². The van der Waals surface area contributed by atoms with Crippen LogP contribution in [-0.2, 0) is 9.47 Å². The summed E-state index contributed by atoms with van der Waals surface area (Å²) in [5.74, 6) is 0. The van der Waals surface area contributed by atoms with Gasteiger partial charge in [-0.1, -0.05) is 12.2 Å². The number of carbonyl (C=O) groups is 2. The molecule has 168 valence electrons. The number of rotatable bonds is 0.